The van der Waals surface area contributed by atoms with Crippen molar-refractivity contribution in [1.29, 1.82) is 0 Å². The van der Waals surface area contributed by atoms with Gasteiger partial charge in [-0.2, -0.15) is 0 Å². The summed E-state index contributed by atoms with van der Waals surface area (Å²) in [4.78, 5) is 14.3. The van der Waals surface area contributed by atoms with Crippen LogP contribution in [0.5, 0.6) is 0 Å². The van der Waals surface area contributed by atoms with Gasteiger partial charge in [0, 0.05) is 19.1 Å². The van der Waals surface area contributed by atoms with Crippen LogP contribution in [0.4, 0.5) is 4.79 Å². The van der Waals surface area contributed by atoms with E-state index in [-0.39, 0.29) is 18.2 Å². The number of ether oxygens (including phenoxy) is 3. The minimum atomic E-state index is -0.494. The molecule has 6 nitrogen and oxygen atoms in total. The maximum Gasteiger partial charge on any atom is 0.410 e. The zero-order chi connectivity index (χ0) is 17.1. The normalized spacial score (nSPS) is 26.1. The summed E-state index contributed by atoms with van der Waals surface area (Å²) in [5.41, 5.74) is -0.455. The molecule has 2 rings (SSSR count). The Bertz CT molecular complexity index is 396. The highest BCUT2D eigenvalue weighted by molar-refractivity contribution is 5.68. The summed E-state index contributed by atoms with van der Waals surface area (Å²) in [5.74, 6) is -0.494. The lowest BCUT2D eigenvalue weighted by atomic mass is 10.0. The van der Waals surface area contributed by atoms with Crippen LogP contribution in [0.2, 0.25) is 0 Å². The number of rotatable bonds is 3. The first-order chi connectivity index (χ1) is 10.7. The van der Waals surface area contributed by atoms with E-state index < -0.39 is 11.4 Å². The molecule has 0 aromatic heterocycles. The first-order valence-corrected chi connectivity index (χ1v) is 8.67. The van der Waals surface area contributed by atoms with E-state index >= 15 is 0 Å². The number of amides is 1. The molecule has 0 radical (unpaired) electrons. The molecule has 2 saturated heterocycles. The van der Waals surface area contributed by atoms with E-state index in [2.05, 4.69) is 5.32 Å². The van der Waals surface area contributed by atoms with Crippen LogP contribution in [0.1, 0.15) is 53.9 Å². The molecular formula is C17H32N2O4. The van der Waals surface area contributed by atoms with Crippen LogP contribution in [0.25, 0.3) is 0 Å². The van der Waals surface area contributed by atoms with Gasteiger partial charge in [-0.3, -0.25) is 0 Å². The predicted octanol–water partition coefficient (Wildman–Crippen LogP) is 2.52. The third-order valence-electron chi connectivity index (χ3n) is 4.16. The van der Waals surface area contributed by atoms with Crippen molar-refractivity contribution in [3.63, 3.8) is 0 Å². The Morgan fingerprint density at radius 1 is 1.26 bits per heavy atom. The molecule has 1 N–H and O–H groups in total. The first kappa shape index (κ1) is 18.5. The lowest BCUT2D eigenvalue weighted by molar-refractivity contribution is -0.253. The highest BCUT2D eigenvalue weighted by Crippen LogP contribution is 2.21. The van der Waals surface area contributed by atoms with E-state index in [9.17, 15) is 4.79 Å². The average molecular weight is 328 g/mol. The second kappa shape index (κ2) is 7.36. The second-order valence-electron chi connectivity index (χ2n) is 7.95. The zero-order valence-electron chi connectivity index (χ0n) is 15.2. The standard InChI is InChI=1S/C17H32N2O4/c1-16(2,3)23-15(20)19-9-7-6-8-14(19)10-18-13-11-21-17(4,5)22-12-13/h13-14,18H,6-12H2,1-5H3. The summed E-state index contributed by atoms with van der Waals surface area (Å²) in [6, 6.07) is 0.346. The van der Waals surface area contributed by atoms with Crippen molar-refractivity contribution in [3.05, 3.63) is 0 Å². The van der Waals surface area contributed by atoms with E-state index in [1.54, 1.807) is 0 Å². The Balaban J connectivity index is 1.83. The third kappa shape index (κ3) is 5.94. The topological polar surface area (TPSA) is 60.0 Å². The number of hydrogen-bond acceptors (Lipinski definition) is 5. The maximum absolute atomic E-state index is 12.4. The highest BCUT2D eigenvalue weighted by atomic mass is 16.7. The van der Waals surface area contributed by atoms with Crippen molar-refractivity contribution in [2.45, 2.75) is 77.4 Å². The average Bonchev–Trinajstić information content (AvgIpc) is 2.44. The van der Waals surface area contributed by atoms with Gasteiger partial charge < -0.3 is 24.4 Å². The number of carbonyl (C=O) groups is 1. The molecule has 0 aromatic carbocycles. The summed E-state index contributed by atoms with van der Waals surface area (Å²) in [7, 11) is 0. The SMILES string of the molecule is CC(C)(C)OC(=O)N1CCCCC1CNC1COC(C)(C)OC1. The van der Waals surface area contributed by atoms with Crippen LogP contribution in [0.15, 0.2) is 0 Å². The molecular weight excluding hydrogens is 296 g/mol. The molecule has 0 bridgehead atoms. The lowest BCUT2D eigenvalue weighted by Gasteiger charge is -2.39. The van der Waals surface area contributed by atoms with Gasteiger partial charge in [0.1, 0.15) is 5.60 Å². The molecule has 6 heteroatoms. The number of piperidine rings is 1. The Morgan fingerprint density at radius 2 is 1.91 bits per heavy atom. The molecule has 1 unspecified atom stereocenters. The number of nitrogens with one attached hydrogen (secondary N) is 1. The summed E-state index contributed by atoms with van der Waals surface area (Å²) >= 11 is 0. The van der Waals surface area contributed by atoms with Crippen LogP contribution in [-0.2, 0) is 14.2 Å². The largest absolute Gasteiger partial charge is 0.444 e. The summed E-state index contributed by atoms with van der Waals surface area (Å²) < 4.78 is 16.9. The number of carbonyl (C=O) groups excluding carboxylic acids is 1. The summed E-state index contributed by atoms with van der Waals surface area (Å²) in [6.07, 6.45) is 2.99. The molecule has 2 aliphatic heterocycles. The quantitative estimate of drug-likeness (QED) is 0.862. The number of hydrogen-bond donors (Lipinski definition) is 1. The monoisotopic (exact) mass is 328 g/mol. The van der Waals surface area contributed by atoms with Gasteiger partial charge in [0.2, 0.25) is 0 Å². The van der Waals surface area contributed by atoms with Gasteiger partial charge in [-0.25, -0.2) is 4.79 Å². The molecule has 2 heterocycles. The van der Waals surface area contributed by atoms with Gasteiger partial charge >= 0.3 is 6.09 Å². The molecule has 23 heavy (non-hydrogen) atoms. The van der Waals surface area contributed by atoms with Gasteiger partial charge in [-0.05, 0) is 53.9 Å². The van der Waals surface area contributed by atoms with E-state index in [4.69, 9.17) is 14.2 Å². The summed E-state index contributed by atoms with van der Waals surface area (Å²) in [6.45, 7) is 12.3. The van der Waals surface area contributed by atoms with Crippen LogP contribution >= 0.6 is 0 Å². The maximum atomic E-state index is 12.4. The van der Waals surface area contributed by atoms with Crippen molar-refractivity contribution in [1.82, 2.24) is 10.2 Å². The molecule has 1 amide bonds. The van der Waals surface area contributed by atoms with Crippen molar-refractivity contribution >= 4 is 6.09 Å². The van der Waals surface area contributed by atoms with Gasteiger partial charge in [-0.15, -0.1) is 0 Å². The van der Waals surface area contributed by atoms with E-state index in [1.807, 2.05) is 39.5 Å². The molecule has 2 fully saturated rings. The van der Waals surface area contributed by atoms with Gasteiger partial charge in [0.15, 0.2) is 5.79 Å². The lowest BCUT2D eigenvalue weighted by Crippen LogP contribution is -2.54. The fourth-order valence-corrected chi connectivity index (χ4v) is 2.89. The molecule has 1 atom stereocenters. The molecule has 134 valence electrons. The summed E-state index contributed by atoms with van der Waals surface area (Å²) in [5, 5.41) is 3.48. The van der Waals surface area contributed by atoms with Crippen molar-refractivity contribution in [3.8, 4) is 0 Å². The van der Waals surface area contributed by atoms with E-state index in [0.29, 0.717) is 13.2 Å². The smallest absolute Gasteiger partial charge is 0.410 e. The Morgan fingerprint density at radius 3 is 2.52 bits per heavy atom. The van der Waals surface area contributed by atoms with Crippen molar-refractivity contribution in [2.24, 2.45) is 0 Å². The number of nitrogens with zero attached hydrogens (tertiary/aromatic N) is 1. The van der Waals surface area contributed by atoms with Gasteiger partial charge in [-0.1, -0.05) is 0 Å². The fraction of sp³-hybridized carbons (Fsp3) is 0.941. The van der Waals surface area contributed by atoms with Crippen molar-refractivity contribution < 1.29 is 19.0 Å². The predicted molar refractivity (Wildman–Crippen MR) is 88.4 cm³/mol. The van der Waals surface area contributed by atoms with Crippen molar-refractivity contribution in [2.75, 3.05) is 26.3 Å². The van der Waals surface area contributed by atoms with Crippen LogP contribution < -0.4 is 5.32 Å². The third-order valence-corrected chi connectivity index (χ3v) is 4.16. The Hall–Kier alpha value is -0.850. The Kier molecular flexibility index (Phi) is 5.92. The van der Waals surface area contributed by atoms with E-state index in [0.717, 1.165) is 32.4 Å². The number of likely N-dealkylation sites (tertiary alicyclic amines) is 1. The second-order valence-corrected chi connectivity index (χ2v) is 7.95. The molecule has 0 aromatic rings. The van der Waals surface area contributed by atoms with Gasteiger partial charge in [0.25, 0.3) is 0 Å². The first-order valence-electron chi connectivity index (χ1n) is 8.67. The van der Waals surface area contributed by atoms with Crippen LogP contribution in [0, 0.1) is 0 Å². The van der Waals surface area contributed by atoms with E-state index in [1.165, 1.54) is 0 Å². The molecule has 0 spiro atoms. The molecule has 0 saturated carbocycles. The molecule has 0 aliphatic carbocycles. The minimum absolute atomic E-state index is 0.172. The van der Waals surface area contributed by atoms with Gasteiger partial charge in [0.05, 0.1) is 19.3 Å². The fourth-order valence-electron chi connectivity index (χ4n) is 2.89. The Labute approximate surface area is 139 Å². The van der Waals surface area contributed by atoms with Crippen LogP contribution in [0.3, 0.4) is 0 Å². The zero-order valence-corrected chi connectivity index (χ0v) is 15.2. The highest BCUT2D eigenvalue weighted by Gasteiger charge is 2.32. The molecule has 2 aliphatic rings. The minimum Gasteiger partial charge on any atom is -0.444 e. The van der Waals surface area contributed by atoms with Crippen LogP contribution in [-0.4, -0.2) is 60.8 Å².